The number of nitrogen functional groups attached to an aromatic ring is 1. The lowest BCUT2D eigenvalue weighted by atomic mass is 9.66. The van der Waals surface area contributed by atoms with Crippen LogP contribution in [0.25, 0.3) is 45.2 Å². The molecule has 0 aromatic heterocycles. The average Bonchev–Trinajstić information content (AvgIpc) is 3.61. The zero-order chi connectivity index (χ0) is 44.9. The molecular weight excluding hydrogens is 787 g/mol. The summed E-state index contributed by atoms with van der Waals surface area (Å²) in [4.78, 5) is 0. The molecule has 0 bridgehead atoms. The molecular formula is C63H53NO. The Morgan fingerprint density at radius 2 is 1.12 bits per heavy atom. The van der Waals surface area contributed by atoms with Gasteiger partial charge in [-0.15, -0.1) is 0 Å². The van der Waals surface area contributed by atoms with Crippen LogP contribution in [0.4, 0.5) is 5.69 Å². The lowest BCUT2D eigenvalue weighted by Gasteiger charge is -2.35. The average molecular weight is 840 g/mol. The summed E-state index contributed by atoms with van der Waals surface area (Å²) in [5.41, 5.74) is 19.2. The molecule has 3 N–H and O–H groups in total. The molecule has 0 spiro atoms. The van der Waals surface area contributed by atoms with Crippen molar-refractivity contribution in [1.29, 1.82) is 0 Å². The van der Waals surface area contributed by atoms with Crippen LogP contribution in [0.3, 0.4) is 0 Å². The second-order valence-electron chi connectivity index (χ2n) is 15.9. The number of nitrogens with two attached hydrogens (primary N) is 1. The number of rotatable bonds is 11. The number of phenols is 1. The van der Waals surface area contributed by atoms with Crippen LogP contribution in [-0.2, 0) is 5.41 Å². The van der Waals surface area contributed by atoms with Gasteiger partial charge in [-0.25, -0.2) is 0 Å². The van der Waals surface area contributed by atoms with E-state index in [1.54, 1.807) is 6.07 Å². The van der Waals surface area contributed by atoms with E-state index in [1.807, 2.05) is 73.7 Å². The monoisotopic (exact) mass is 839 g/mol. The maximum absolute atomic E-state index is 11.6. The van der Waals surface area contributed by atoms with E-state index in [1.165, 1.54) is 21.9 Å². The Morgan fingerprint density at radius 3 is 1.83 bits per heavy atom. The molecule has 0 aliphatic heterocycles. The quantitative estimate of drug-likeness (QED) is 0.101. The highest BCUT2D eigenvalue weighted by molar-refractivity contribution is 5.99. The molecule has 1 atom stereocenters. The fourth-order valence-corrected chi connectivity index (χ4v) is 8.72. The Morgan fingerprint density at radius 1 is 0.492 bits per heavy atom. The van der Waals surface area contributed by atoms with Gasteiger partial charge in [-0.1, -0.05) is 231 Å². The van der Waals surface area contributed by atoms with Crippen molar-refractivity contribution >= 4 is 39.8 Å². The van der Waals surface area contributed by atoms with Crippen LogP contribution < -0.4 is 5.73 Å². The fraction of sp³-hybridized carbons (Fsp3) is 0.0476. The predicted molar refractivity (Wildman–Crippen MR) is 279 cm³/mol. The molecule has 8 aromatic carbocycles. The van der Waals surface area contributed by atoms with Crippen molar-refractivity contribution < 1.29 is 5.11 Å². The number of aromatic hydroxyl groups is 1. The van der Waals surface area contributed by atoms with Crippen molar-refractivity contribution in [3.05, 3.63) is 299 Å². The van der Waals surface area contributed by atoms with Gasteiger partial charge in [0, 0.05) is 11.3 Å². The third-order valence-corrected chi connectivity index (χ3v) is 11.7. The molecule has 8 aromatic rings. The lowest BCUT2D eigenvalue weighted by molar-refractivity contribution is 0.461. The Balaban J connectivity index is 0.000000378. The molecule has 1 aliphatic carbocycles. The summed E-state index contributed by atoms with van der Waals surface area (Å²) in [5.74, 6) is 0.275. The predicted octanol–water partition coefficient (Wildman–Crippen LogP) is 16.1. The molecule has 0 fully saturated rings. The van der Waals surface area contributed by atoms with E-state index in [9.17, 15) is 5.11 Å². The van der Waals surface area contributed by atoms with Gasteiger partial charge in [0.25, 0.3) is 0 Å². The van der Waals surface area contributed by atoms with Gasteiger partial charge in [0.15, 0.2) is 0 Å². The fourth-order valence-electron chi connectivity index (χ4n) is 8.72. The summed E-state index contributed by atoms with van der Waals surface area (Å²) in [6.07, 6.45) is 23.6. The highest BCUT2D eigenvalue weighted by atomic mass is 16.3. The molecule has 1 aliphatic rings. The first-order chi connectivity index (χ1) is 32.0. The number of hydrogen-bond donors (Lipinski definition) is 2. The second-order valence-corrected chi connectivity index (χ2v) is 15.9. The lowest BCUT2D eigenvalue weighted by Crippen LogP contribution is -2.29. The largest absolute Gasteiger partial charge is 0.508 e. The van der Waals surface area contributed by atoms with Crippen LogP contribution in [0, 0.1) is 0 Å². The number of anilines is 1. The number of hydrogen-bond acceptors (Lipinski definition) is 2. The van der Waals surface area contributed by atoms with Crippen molar-refractivity contribution in [2.24, 2.45) is 0 Å². The molecule has 0 saturated heterocycles. The van der Waals surface area contributed by atoms with E-state index >= 15 is 0 Å². The molecule has 0 saturated carbocycles. The SMILES string of the molecule is C\C=C/C1=C(/C=C/c2cccc(C(/C=C\C=C\C)=C/C=C\c3ccccc3)c2)c2cc3ccccc3cc2C1(c1ccccc1)c1ccccc1O.Nc1ccc(-c2ccccc2)cc1. The Hall–Kier alpha value is -8.20. The number of benzene rings is 8. The molecule has 1 unspecified atom stereocenters. The van der Waals surface area contributed by atoms with Gasteiger partial charge in [-0.05, 0) is 122 Å². The van der Waals surface area contributed by atoms with Crippen LogP contribution in [0.2, 0.25) is 0 Å². The van der Waals surface area contributed by atoms with Gasteiger partial charge in [0.05, 0.1) is 5.41 Å². The third-order valence-electron chi connectivity index (χ3n) is 11.7. The Kier molecular flexibility index (Phi) is 13.9. The minimum atomic E-state index is -0.738. The van der Waals surface area contributed by atoms with Crippen LogP contribution in [-0.4, -0.2) is 5.11 Å². The van der Waals surface area contributed by atoms with E-state index < -0.39 is 5.41 Å². The number of para-hydroxylation sites is 1. The second kappa shape index (κ2) is 20.8. The summed E-state index contributed by atoms with van der Waals surface area (Å²) in [6, 6.07) is 68.8. The molecule has 2 heteroatoms. The van der Waals surface area contributed by atoms with E-state index in [0.717, 1.165) is 61.4 Å². The molecule has 65 heavy (non-hydrogen) atoms. The minimum absolute atomic E-state index is 0.275. The zero-order valence-corrected chi connectivity index (χ0v) is 36.9. The first-order valence-corrected chi connectivity index (χ1v) is 22.2. The van der Waals surface area contributed by atoms with Gasteiger partial charge in [0.2, 0.25) is 0 Å². The van der Waals surface area contributed by atoms with Crippen LogP contribution in [0.5, 0.6) is 5.75 Å². The standard InChI is InChI=1S/C51H42O.C12H11N/c1-3-5-8-24-40(27-17-22-38-20-9-6-10-21-38)41-28-18-23-39(35-41)33-34-45-46-36-42-25-13-14-26-43(42)37-49(46)51(47(45)19-4-2,44-29-11-7-12-30-44)48-31-15-16-32-50(48)52;13-12-8-6-11(7-9-12)10-4-2-1-3-5-10/h3-37,52H,1-2H3;1-9H,13H2/b5-3+,19-4-,22-17-,24-8-,34-33+,40-27+;. The maximum atomic E-state index is 11.6. The van der Waals surface area contributed by atoms with Gasteiger partial charge in [-0.2, -0.15) is 0 Å². The van der Waals surface area contributed by atoms with E-state index in [-0.39, 0.29) is 5.75 Å². The van der Waals surface area contributed by atoms with Crippen molar-refractivity contribution in [3.8, 4) is 16.9 Å². The third kappa shape index (κ3) is 9.74. The highest BCUT2D eigenvalue weighted by Gasteiger charge is 2.47. The summed E-state index contributed by atoms with van der Waals surface area (Å²) in [5, 5.41) is 14.0. The van der Waals surface area contributed by atoms with Crippen molar-refractivity contribution in [2.75, 3.05) is 5.73 Å². The number of phenolic OH excluding ortho intramolecular Hbond substituents is 1. The van der Waals surface area contributed by atoms with Crippen molar-refractivity contribution in [3.63, 3.8) is 0 Å². The van der Waals surface area contributed by atoms with Crippen LogP contribution in [0.15, 0.2) is 260 Å². The molecule has 2 nitrogen and oxygen atoms in total. The Bertz CT molecular complexity index is 3090. The van der Waals surface area contributed by atoms with Gasteiger partial charge >= 0.3 is 0 Å². The minimum Gasteiger partial charge on any atom is -0.508 e. The number of allylic oxidation sites excluding steroid dienone is 12. The van der Waals surface area contributed by atoms with Crippen LogP contribution in [0.1, 0.15) is 52.8 Å². The van der Waals surface area contributed by atoms with E-state index in [2.05, 4.69) is 201 Å². The summed E-state index contributed by atoms with van der Waals surface area (Å²) >= 11 is 0. The first kappa shape index (κ1) is 43.4. The summed E-state index contributed by atoms with van der Waals surface area (Å²) in [7, 11) is 0. The summed E-state index contributed by atoms with van der Waals surface area (Å²) < 4.78 is 0. The smallest absolute Gasteiger partial charge is 0.120 e. The Labute approximate surface area is 384 Å². The van der Waals surface area contributed by atoms with Crippen molar-refractivity contribution in [1.82, 2.24) is 0 Å². The van der Waals surface area contributed by atoms with Gasteiger partial charge in [-0.3, -0.25) is 0 Å². The number of fused-ring (bicyclic) bond motifs is 2. The van der Waals surface area contributed by atoms with Gasteiger partial charge < -0.3 is 10.8 Å². The molecule has 0 amide bonds. The topological polar surface area (TPSA) is 46.2 Å². The molecule has 0 heterocycles. The normalized spacial score (nSPS) is 15.1. The van der Waals surface area contributed by atoms with Crippen LogP contribution >= 0.6 is 0 Å². The van der Waals surface area contributed by atoms with Crippen molar-refractivity contribution in [2.45, 2.75) is 19.3 Å². The van der Waals surface area contributed by atoms with E-state index in [0.29, 0.717) is 0 Å². The van der Waals surface area contributed by atoms with Gasteiger partial charge in [0.1, 0.15) is 5.75 Å². The maximum Gasteiger partial charge on any atom is 0.120 e. The zero-order valence-electron chi connectivity index (χ0n) is 36.9. The molecule has 9 rings (SSSR count). The molecule has 0 radical (unpaired) electrons. The summed E-state index contributed by atoms with van der Waals surface area (Å²) in [6.45, 7) is 4.10. The highest BCUT2D eigenvalue weighted by Crippen LogP contribution is 2.57. The molecule has 316 valence electrons. The first-order valence-electron chi connectivity index (χ1n) is 22.2. The van der Waals surface area contributed by atoms with E-state index in [4.69, 9.17) is 5.73 Å².